The molecule has 2 rings (SSSR count). The molecule has 0 saturated heterocycles. The van der Waals surface area contributed by atoms with Crippen molar-refractivity contribution in [2.45, 2.75) is 38.6 Å². The first-order chi connectivity index (χ1) is 10.3. The fourth-order valence-corrected chi connectivity index (χ4v) is 3.39. The highest BCUT2D eigenvalue weighted by Crippen LogP contribution is 2.20. The second-order valence-electron chi connectivity index (χ2n) is 5.02. The van der Waals surface area contributed by atoms with Crippen molar-refractivity contribution in [3.05, 3.63) is 22.6 Å². The van der Waals surface area contributed by atoms with Gasteiger partial charge in [0, 0.05) is 29.5 Å². The lowest BCUT2D eigenvalue weighted by molar-refractivity contribution is 0.575. The van der Waals surface area contributed by atoms with E-state index in [4.69, 9.17) is 11.6 Å². The highest BCUT2D eigenvalue weighted by molar-refractivity contribution is 9.10. The lowest BCUT2D eigenvalue weighted by Crippen LogP contribution is -2.05. The molecule has 0 aliphatic heterocycles. The van der Waals surface area contributed by atoms with E-state index in [9.17, 15) is 0 Å². The minimum Gasteiger partial charge on any atom is -0.313 e. The van der Waals surface area contributed by atoms with Gasteiger partial charge >= 0.3 is 0 Å². The average molecular weight is 391 g/mol. The van der Waals surface area contributed by atoms with Crippen molar-refractivity contribution in [2.75, 3.05) is 17.9 Å². The molecule has 116 valence electrons. The molecule has 6 heteroatoms. The Bertz CT molecular complexity index is 573. The predicted octanol–water partition coefficient (Wildman–Crippen LogP) is 4.90. The van der Waals surface area contributed by atoms with Gasteiger partial charge in [-0.2, -0.15) is 11.8 Å². The summed E-state index contributed by atoms with van der Waals surface area (Å²) in [6.07, 6.45) is 9.85. The number of rotatable bonds is 9. The molecule has 0 aliphatic rings. The second kappa shape index (κ2) is 9.01. The van der Waals surface area contributed by atoms with Gasteiger partial charge in [0.2, 0.25) is 0 Å². The number of hydrogen-bond donors (Lipinski definition) is 0. The van der Waals surface area contributed by atoms with Crippen LogP contribution in [-0.2, 0) is 13.0 Å². The summed E-state index contributed by atoms with van der Waals surface area (Å²) < 4.78 is 3.20. The van der Waals surface area contributed by atoms with Crippen molar-refractivity contribution in [1.82, 2.24) is 14.5 Å². The van der Waals surface area contributed by atoms with E-state index in [2.05, 4.69) is 36.7 Å². The zero-order valence-corrected chi connectivity index (χ0v) is 15.5. The largest absolute Gasteiger partial charge is 0.313 e. The summed E-state index contributed by atoms with van der Waals surface area (Å²) in [7, 11) is 0. The van der Waals surface area contributed by atoms with Crippen molar-refractivity contribution in [1.29, 1.82) is 0 Å². The van der Waals surface area contributed by atoms with Crippen LogP contribution in [0.2, 0.25) is 0 Å². The van der Waals surface area contributed by atoms with Crippen molar-refractivity contribution < 1.29 is 0 Å². The second-order valence-corrected chi connectivity index (χ2v) is 7.30. The molecule has 2 aromatic heterocycles. The van der Waals surface area contributed by atoms with Crippen LogP contribution < -0.4 is 0 Å². The zero-order chi connectivity index (χ0) is 15.1. The number of aromatic nitrogens is 3. The van der Waals surface area contributed by atoms with Crippen LogP contribution >= 0.6 is 39.3 Å². The molecule has 0 saturated carbocycles. The van der Waals surface area contributed by atoms with Crippen LogP contribution in [0.25, 0.3) is 11.2 Å². The Balaban J connectivity index is 2.04. The van der Waals surface area contributed by atoms with Gasteiger partial charge in [0.05, 0.1) is 0 Å². The maximum atomic E-state index is 5.90. The topological polar surface area (TPSA) is 30.7 Å². The van der Waals surface area contributed by atoms with E-state index in [-0.39, 0.29) is 0 Å². The molecule has 0 radical (unpaired) electrons. The summed E-state index contributed by atoms with van der Waals surface area (Å²) in [6, 6.07) is 2.02. The first-order valence-electron chi connectivity index (χ1n) is 7.32. The van der Waals surface area contributed by atoms with E-state index in [0.29, 0.717) is 5.88 Å². The number of nitrogens with zero attached hydrogens (tertiary/aromatic N) is 3. The summed E-state index contributed by atoms with van der Waals surface area (Å²) >= 11 is 11.3. The van der Waals surface area contributed by atoms with Gasteiger partial charge in [0.15, 0.2) is 5.65 Å². The molecule has 3 nitrogen and oxygen atoms in total. The molecule has 0 N–H and O–H groups in total. The molecule has 0 aromatic carbocycles. The zero-order valence-electron chi connectivity index (χ0n) is 12.3. The first-order valence-corrected chi connectivity index (χ1v) is 10.0. The summed E-state index contributed by atoms with van der Waals surface area (Å²) in [5, 5.41) is 0. The number of imidazole rings is 1. The third-order valence-corrected chi connectivity index (χ3v) is 4.75. The lowest BCUT2D eigenvalue weighted by Gasteiger charge is -2.07. The summed E-state index contributed by atoms with van der Waals surface area (Å²) in [5.41, 5.74) is 1.93. The number of alkyl halides is 1. The Hall–Kier alpha value is -0.260. The molecule has 2 aromatic rings. The number of halogens is 2. The molecule has 0 atom stereocenters. The molecule has 0 amide bonds. The van der Waals surface area contributed by atoms with Crippen molar-refractivity contribution in [3.8, 4) is 0 Å². The van der Waals surface area contributed by atoms with Crippen LogP contribution in [0.5, 0.6) is 0 Å². The fraction of sp³-hybridized carbons (Fsp3) is 0.600. The molecule has 0 fully saturated rings. The minimum atomic E-state index is 0.595. The van der Waals surface area contributed by atoms with Crippen molar-refractivity contribution in [2.24, 2.45) is 0 Å². The average Bonchev–Trinajstić information content (AvgIpc) is 2.80. The van der Waals surface area contributed by atoms with Gasteiger partial charge in [-0.15, -0.1) is 11.6 Å². The Morgan fingerprint density at radius 3 is 2.86 bits per heavy atom. The van der Waals surface area contributed by atoms with Crippen LogP contribution in [0.1, 0.15) is 31.5 Å². The Kier molecular flexibility index (Phi) is 7.34. The standard InChI is InChI=1S/C15H21BrClN3S/c1-21-9-5-3-2-4-8-20-14(6-7-17)19-13-10-12(16)11-18-15(13)20/h10-11H,2-9H2,1H3. The highest BCUT2D eigenvalue weighted by Gasteiger charge is 2.11. The first kappa shape index (κ1) is 17.1. The number of hydrogen-bond acceptors (Lipinski definition) is 3. The normalized spacial score (nSPS) is 11.4. The maximum absolute atomic E-state index is 5.90. The minimum absolute atomic E-state index is 0.595. The van der Waals surface area contributed by atoms with E-state index in [1.54, 1.807) is 0 Å². The van der Waals surface area contributed by atoms with Crippen LogP contribution in [0, 0.1) is 0 Å². The molecule has 21 heavy (non-hydrogen) atoms. The Morgan fingerprint density at radius 2 is 2.10 bits per heavy atom. The Morgan fingerprint density at radius 1 is 1.29 bits per heavy atom. The smallest absolute Gasteiger partial charge is 0.160 e. The molecule has 0 aliphatic carbocycles. The molecule has 0 bridgehead atoms. The molecule has 0 spiro atoms. The number of fused-ring (bicyclic) bond motifs is 1. The maximum Gasteiger partial charge on any atom is 0.160 e. The van der Waals surface area contributed by atoms with E-state index < -0.39 is 0 Å². The van der Waals surface area contributed by atoms with Gasteiger partial charge in [-0.05, 0) is 46.8 Å². The third-order valence-electron chi connectivity index (χ3n) is 3.43. The van der Waals surface area contributed by atoms with Gasteiger partial charge in [0.25, 0.3) is 0 Å². The van der Waals surface area contributed by atoms with Crippen molar-refractivity contribution >= 4 is 50.5 Å². The van der Waals surface area contributed by atoms with E-state index >= 15 is 0 Å². The summed E-state index contributed by atoms with van der Waals surface area (Å²) in [6.45, 7) is 0.983. The molecule has 0 unspecified atom stereocenters. The summed E-state index contributed by atoms with van der Waals surface area (Å²) in [4.78, 5) is 9.19. The number of aryl methyl sites for hydroxylation is 2. The number of thioether (sulfide) groups is 1. The van der Waals surface area contributed by atoms with Gasteiger partial charge < -0.3 is 4.57 Å². The number of pyridine rings is 1. The molecule has 2 heterocycles. The van der Waals surface area contributed by atoms with E-state index in [0.717, 1.165) is 34.4 Å². The van der Waals surface area contributed by atoms with Gasteiger partial charge in [0.1, 0.15) is 11.3 Å². The quantitative estimate of drug-likeness (QED) is 0.451. The third kappa shape index (κ3) is 4.86. The van der Waals surface area contributed by atoms with Crippen LogP contribution in [-0.4, -0.2) is 32.4 Å². The van der Waals surface area contributed by atoms with Crippen molar-refractivity contribution in [3.63, 3.8) is 0 Å². The highest BCUT2D eigenvalue weighted by atomic mass is 79.9. The van der Waals surface area contributed by atoms with E-state index in [1.165, 1.54) is 31.4 Å². The molecular weight excluding hydrogens is 370 g/mol. The van der Waals surface area contributed by atoms with E-state index in [1.807, 2.05) is 24.0 Å². The van der Waals surface area contributed by atoms with Crippen LogP contribution in [0.15, 0.2) is 16.7 Å². The summed E-state index contributed by atoms with van der Waals surface area (Å²) in [5.74, 6) is 2.91. The van der Waals surface area contributed by atoms with Crippen LogP contribution in [0.3, 0.4) is 0 Å². The van der Waals surface area contributed by atoms with Crippen LogP contribution in [0.4, 0.5) is 0 Å². The van der Waals surface area contributed by atoms with Gasteiger partial charge in [-0.3, -0.25) is 0 Å². The van der Waals surface area contributed by atoms with Gasteiger partial charge in [-0.25, -0.2) is 9.97 Å². The Labute approximate surface area is 144 Å². The fourth-order valence-electron chi connectivity index (χ4n) is 2.41. The molecular formula is C15H21BrClN3S. The monoisotopic (exact) mass is 389 g/mol. The SMILES string of the molecule is CSCCCCCCn1c(CCCl)nc2cc(Br)cnc21. The lowest BCUT2D eigenvalue weighted by atomic mass is 10.2. The van der Waals surface area contributed by atoms with Gasteiger partial charge in [-0.1, -0.05) is 12.8 Å². The predicted molar refractivity (Wildman–Crippen MR) is 96.5 cm³/mol. The number of unbranched alkanes of at least 4 members (excludes halogenated alkanes) is 3.